The summed E-state index contributed by atoms with van der Waals surface area (Å²) in [6, 6.07) is 0. The second-order valence-electron chi connectivity index (χ2n) is 5.38. The summed E-state index contributed by atoms with van der Waals surface area (Å²) in [5, 5.41) is 3.76. The van der Waals surface area contributed by atoms with Crippen molar-refractivity contribution in [2.24, 2.45) is 0 Å². The molecule has 0 aromatic carbocycles. The maximum Gasteiger partial charge on any atom is 0.222 e. The molecule has 0 aliphatic carbocycles. The van der Waals surface area contributed by atoms with Crippen molar-refractivity contribution in [2.75, 3.05) is 31.5 Å². The summed E-state index contributed by atoms with van der Waals surface area (Å²) in [5.41, 5.74) is 0. The third-order valence-electron chi connectivity index (χ3n) is 3.30. The van der Waals surface area contributed by atoms with E-state index in [0.717, 1.165) is 32.6 Å². The van der Waals surface area contributed by atoms with Crippen molar-refractivity contribution in [3.8, 4) is 0 Å². The molecule has 2 atom stereocenters. The average molecular weight is 299 g/mol. The van der Waals surface area contributed by atoms with E-state index in [2.05, 4.69) is 34.0 Å². The van der Waals surface area contributed by atoms with Gasteiger partial charge in [-0.05, 0) is 33.2 Å². The van der Waals surface area contributed by atoms with Gasteiger partial charge in [-0.2, -0.15) is 0 Å². The number of anilines is 1. The summed E-state index contributed by atoms with van der Waals surface area (Å²) >= 11 is 5.74. The minimum atomic E-state index is 0.347. The Morgan fingerprint density at radius 1 is 1.25 bits per heavy atom. The predicted octanol–water partition coefficient (Wildman–Crippen LogP) is 2.43. The van der Waals surface area contributed by atoms with Crippen LogP contribution in [0.1, 0.15) is 26.7 Å². The molecule has 0 amide bonds. The Hall–Kier alpha value is -0.910. The first-order valence-corrected chi connectivity index (χ1v) is 7.60. The standard InChI is InChI=1S/C14H23ClN4O/c1-11-9-19(10-12(2)20-11)6-4-3-5-16-14-17-7-13(15)8-18-14/h7-8,11-12H,3-6,9-10H2,1-2H3,(H,16,17,18)/t11-,12+. The maximum absolute atomic E-state index is 5.74. The van der Waals surface area contributed by atoms with Crippen LogP contribution in [-0.2, 0) is 4.74 Å². The smallest absolute Gasteiger partial charge is 0.222 e. The van der Waals surface area contributed by atoms with Gasteiger partial charge in [0.05, 0.1) is 29.6 Å². The Morgan fingerprint density at radius 3 is 2.55 bits per heavy atom. The zero-order valence-corrected chi connectivity index (χ0v) is 12.9. The molecule has 0 unspecified atom stereocenters. The quantitative estimate of drug-likeness (QED) is 0.818. The largest absolute Gasteiger partial charge is 0.373 e. The van der Waals surface area contributed by atoms with Gasteiger partial charge in [-0.25, -0.2) is 9.97 Å². The van der Waals surface area contributed by atoms with Crippen LogP contribution in [0.5, 0.6) is 0 Å². The fourth-order valence-electron chi connectivity index (χ4n) is 2.53. The molecule has 1 aromatic rings. The highest BCUT2D eigenvalue weighted by Crippen LogP contribution is 2.11. The first-order valence-electron chi connectivity index (χ1n) is 7.22. The van der Waals surface area contributed by atoms with Crippen molar-refractivity contribution in [3.63, 3.8) is 0 Å². The molecule has 2 heterocycles. The highest BCUT2D eigenvalue weighted by Gasteiger charge is 2.21. The molecule has 20 heavy (non-hydrogen) atoms. The first-order chi connectivity index (χ1) is 9.63. The molecule has 0 bridgehead atoms. The van der Waals surface area contributed by atoms with Gasteiger partial charge in [-0.3, -0.25) is 4.90 Å². The number of aromatic nitrogens is 2. The van der Waals surface area contributed by atoms with Crippen molar-refractivity contribution in [3.05, 3.63) is 17.4 Å². The molecular weight excluding hydrogens is 276 g/mol. The van der Waals surface area contributed by atoms with E-state index in [1.165, 1.54) is 6.42 Å². The maximum atomic E-state index is 5.74. The van der Waals surface area contributed by atoms with Crippen LogP contribution in [0.2, 0.25) is 5.02 Å². The van der Waals surface area contributed by atoms with Crippen LogP contribution >= 0.6 is 11.6 Å². The Kier molecular flexibility index (Phi) is 6.01. The molecule has 1 N–H and O–H groups in total. The highest BCUT2D eigenvalue weighted by atomic mass is 35.5. The van der Waals surface area contributed by atoms with Crippen molar-refractivity contribution < 1.29 is 4.74 Å². The zero-order valence-electron chi connectivity index (χ0n) is 12.2. The molecule has 1 aromatic heterocycles. The molecule has 1 saturated heterocycles. The summed E-state index contributed by atoms with van der Waals surface area (Å²) < 4.78 is 5.73. The van der Waals surface area contributed by atoms with Gasteiger partial charge in [0.2, 0.25) is 5.95 Å². The van der Waals surface area contributed by atoms with Crippen molar-refractivity contribution in [1.29, 1.82) is 0 Å². The van der Waals surface area contributed by atoms with Crippen LogP contribution in [0.4, 0.5) is 5.95 Å². The minimum absolute atomic E-state index is 0.347. The molecule has 2 rings (SSSR count). The van der Waals surface area contributed by atoms with Gasteiger partial charge < -0.3 is 10.1 Å². The summed E-state index contributed by atoms with van der Waals surface area (Å²) in [4.78, 5) is 10.7. The van der Waals surface area contributed by atoms with Crippen molar-refractivity contribution in [1.82, 2.24) is 14.9 Å². The first kappa shape index (κ1) is 15.5. The van der Waals surface area contributed by atoms with E-state index >= 15 is 0 Å². The van der Waals surface area contributed by atoms with Crippen LogP contribution in [-0.4, -0.2) is 53.3 Å². The molecule has 0 radical (unpaired) electrons. The van der Waals surface area contributed by atoms with Gasteiger partial charge in [0.1, 0.15) is 0 Å². The van der Waals surface area contributed by atoms with Crippen LogP contribution in [0, 0.1) is 0 Å². The second kappa shape index (κ2) is 7.76. The lowest BCUT2D eigenvalue weighted by Gasteiger charge is -2.35. The van der Waals surface area contributed by atoms with Crippen LogP contribution in [0.15, 0.2) is 12.4 Å². The number of hydrogen-bond acceptors (Lipinski definition) is 5. The Balaban J connectivity index is 1.58. The van der Waals surface area contributed by atoms with Crippen LogP contribution in [0.3, 0.4) is 0 Å². The molecule has 1 aliphatic rings. The number of hydrogen-bond donors (Lipinski definition) is 1. The van der Waals surface area contributed by atoms with Gasteiger partial charge in [-0.15, -0.1) is 0 Å². The van der Waals surface area contributed by atoms with Gasteiger partial charge >= 0.3 is 0 Å². The fraction of sp³-hybridized carbons (Fsp3) is 0.714. The van der Waals surface area contributed by atoms with E-state index in [1.54, 1.807) is 12.4 Å². The van der Waals surface area contributed by atoms with Crippen LogP contribution < -0.4 is 5.32 Å². The summed E-state index contributed by atoms with van der Waals surface area (Å²) in [7, 11) is 0. The van der Waals surface area contributed by atoms with Gasteiger partial charge in [0.25, 0.3) is 0 Å². The number of ether oxygens (including phenoxy) is 1. The third kappa shape index (κ3) is 5.23. The summed E-state index contributed by atoms with van der Waals surface area (Å²) in [6.45, 7) is 8.37. The molecule has 1 fully saturated rings. The average Bonchev–Trinajstić information content (AvgIpc) is 2.39. The number of halogens is 1. The van der Waals surface area contributed by atoms with Crippen LogP contribution in [0.25, 0.3) is 0 Å². The number of rotatable bonds is 6. The Bertz CT molecular complexity index is 391. The van der Waals surface area contributed by atoms with E-state index in [4.69, 9.17) is 16.3 Å². The van der Waals surface area contributed by atoms with E-state index in [0.29, 0.717) is 23.2 Å². The van der Waals surface area contributed by atoms with Crippen molar-refractivity contribution >= 4 is 17.5 Å². The number of morpholine rings is 1. The highest BCUT2D eigenvalue weighted by molar-refractivity contribution is 6.30. The molecule has 6 heteroatoms. The molecule has 1 aliphatic heterocycles. The van der Waals surface area contributed by atoms with Gasteiger partial charge in [-0.1, -0.05) is 11.6 Å². The predicted molar refractivity (Wildman–Crippen MR) is 81.2 cm³/mol. The van der Waals surface area contributed by atoms with E-state index < -0.39 is 0 Å². The van der Waals surface area contributed by atoms with E-state index in [1.807, 2.05) is 0 Å². The number of nitrogens with one attached hydrogen (secondary N) is 1. The Labute approximate surface area is 125 Å². The van der Waals surface area contributed by atoms with E-state index in [-0.39, 0.29) is 0 Å². The monoisotopic (exact) mass is 298 g/mol. The third-order valence-corrected chi connectivity index (χ3v) is 3.49. The molecule has 5 nitrogen and oxygen atoms in total. The lowest BCUT2D eigenvalue weighted by molar-refractivity contribution is -0.0681. The number of unbranched alkanes of at least 4 members (excludes halogenated alkanes) is 1. The lowest BCUT2D eigenvalue weighted by atomic mass is 10.2. The zero-order chi connectivity index (χ0) is 14.4. The summed E-state index contributed by atoms with van der Waals surface area (Å²) in [6.07, 6.45) is 6.17. The normalized spacial score (nSPS) is 23.8. The molecule has 0 spiro atoms. The topological polar surface area (TPSA) is 50.3 Å². The SMILES string of the molecule is C[C@@H]1CN(CCCCNc2ncc(Cl)cn2)C[C@H](C)O1. The van der Waals surface area contributed by atoms with Gasteiger partial charge in [0.15, 0.2) is 0 Å². The van der Waals surface area contributed by atoms with E-state index in [9.17, 15) is 0 Å². The lowest BCUT2D eigenvalue weighted by Crippen LogP contribution is -2.45. The Morgan fingerprint density at radius 2 is 1.90 bits per heavy atom. The summed E-state index contributed by atoms with van der Waals surface area (Å²) in [5.74, 6) is 0.642. The van der Waals surface area contributed by atoms with Gasteiger partial charge in [0, 0.05) is 19.6 Å². The molecule has 112 valence electrons. The fourth-order valence-corrected chi connectivity index (χ4v) is 2.63. The molecular formula is C14H23ClN4O. The minimum Gasteiger partial charge on any atom is -0.373 e. The van der Waals surface area contributed by atoms with Crippen molar-refractivity contribution in [2.45, 2.75) is 38.9 Å². The number of nitrogens with zero attached hydrogens (tertiary/aromatic N) is 3. The molecule has 0 saturated carbocycles. The second-order valence-corrected chi connectivity index (χ2v) is 5.81.